The van der Waals surface area contributed by atoms with Crippen LogP contribution in [0.15, 0.2) is 18.2 Å². The van der Waals surface area contributed by atoms with Gasteiger partial charge in [0, 0.05) is 12.3 Å². The highest BCUT2D eigenvalue weighted by molar-refractivity contribution is 5.82. The number of carbonyl (C=O) groups excluding carboxylic acids is 3. The summed E-state index contributed by atoms with van der Waals surface area (Å²) >= 11 is 0. The number of carboxylic acids is 1. The van der Waals surface area contributed by atoms with Gasteiger partial charge in [0.2, 0.25) is 0 Å². The molecule has 9 heteroatoms. The summed E-state index contributed by atoms with van der Waals surface area (Å²) < 4.78 is 16.5. The van der Waals surface area contributed by atoms with E-state index in [-0.39, 0.29) is 24.5 Å². The largest absolute Gasteiger partial charge is 0.480 e. The molecule has 0 spiro atoms. The summed E-state index contributed by atoms with van der Waals surface area (Å²) in [6, 6.07) is 3.18. The Hall–Kier alpha value is -2.94. The average Bonchev–Trinajstić information content (AvgIpc) is 2.83. The van der Waals surface area contributed by atoms with Gasteiger partial charge in [0.15, 0.2) is 11.5 Å². The lowest BCUT2D eigenvalue weighted by atomic mass is 9.82. The smallest absolute Gasteiger partial charge is 0.321 e. The number of rotatable bonds is 13. The number of hydrogen-bond acceptors (Lipinski definition) is 8. The van der Waals surface area contributed by atoms with Crippen LogP contribution in [0.25, 0.3) is 0 Å². The Balaban J connectivity index is 3.55. The predicted octanol–water partition coefficient (Wildman–Crippen LogP) is 4.45. The summed E-state index contributed by atoms with van der Waals surface area (Å²) in [6.45, 7) is 14.0. The molecule has 0 aliphatic carbocycles. The van der Waals surface area contributed by atoms with Crippen LogP contribution in [0, 0.1) is 16.7 Å². The number of hydrogen-bond donors (Lipinski definition) is 2. The van der Waals surface area contributed by atoms with Gasteiger partial charge >= 0.3 is 23.9 Å². The Morgan fingerprint density at radius 1 is 0.917 bits per heavy atom. The number of carbonyl (C=O) groups is 4. The van der Waals surface area contributed by atoms with Crippen molar-refractivity contribution < 1.29 is 38.5 Å². The zero-order valence-electron chi connectivity index (χ0n) is 22.7. The zero-order valence-corrected chi connectivity index (χ0v) is 22.7. The maximum absolute atomic E-state index is 12.9. The van der Waals surface area contributed by atoms with Crippen molar-refractivity contribution in [3.05, 3.63) is 23.8 Å². The molecule has 0 amide bonds. The Bertz CT molecular complexity index is 953. The van der Waals surface area contributed by atoms with E-state index in [1.54, 1.807) is 47.6 Å². The van der Waals surface area contributed by atoms with Crippen LogP contribution < -0.4 is 15.2 Å². The van der Waals surface area contributed by atoms with Crippen LogP contribution >= 0.6 is 0 Å². The molecule has 0 bridgehead atoms. The minimum atomic E-state index is -1.33. The van der Waals surface area contributed by atoms with Crippen LogP contribution in [0.1, 0.15) is 86.1 Å². The molecule has 0 aromatic heterocycles. The van der Waals surface area contributed by atoms with Crippen LogP contribution in [-0.2, 0) is 23.9 Å². The fourth-order valence-electron chi connectivity index (χ4n) is 3.13. The molecule has 9 nitrogen and oxygen atoms in total. The Morgan fingerprint density at radius 2 is 1.42 bits per heavy atom. The summed E-state index contributed by atoms with van der Waals surface area (Å²) in [7, 11) is 0. The summed E-state index contributed by atoms with van der Waals surface area (Å²) in [4.78, 5) is 49.1. The lowest BCUT2D eigenvalue weighted by Crippen LogP contribution is -2.40. The zero-order chi connectivity index (χ0) is 27.8. The molecular weight excluding hydrogens is 466 g/mol. The quantitative estimate of drug-likeness (QED) is 0.292. The van der Waals surface area contributed by atoms with E-state index in [1.165, 1.54) is 12.1 Å². The maximum Gasteiger partial charge on any atom is 0.321 e. The number of ether oxygens (including phenoxy) is 3. The van der Waals surface area contributed by atoms with E-state index >= 15 is 0 Å². The number of esters is 3. The predicted molar refractivity (Wildman–Crippen MR) is 135 cm³/mol. The van der Waals surface area contributed by atoms with E-state index in [2.05, 4.69) is 0 Å². The summed E-state index contributed by atoms with van der Waals surface area (Å²) in [6.07, 6.45) is 1.23. The van der Waals surface area contributed by atoms with Crippen molar-refractivity contribution in [3.63, 3.8) is 0 Å². The van der Waals surface area contributed by atoms with Gasteiger partial charge < -0.3 is 25.1 Å². The van der Waals surface area contributed by atoms with Crippen LogP contribution in [0.2, 0.25) is 0 Å². The third kappa shape index (κ3) is 8.05. The van der Waals surface area contributed by atoms with Gasteiger partial charge in [-0.2, -0.15) is 0 Å². The SMILES string of the molecule is CCC(=O)OCC(C)C(c1ccc(OC(=O)C(C)(C)CC)c(OC(=O)C(C)(C)CC)c1)[C@H](N)C(=O)O. The van der Waals surface area contributed by atoms with E-state index in [9.17, 15) is 24.3 Å². The Kier molecular flexibility index (Phi) is 11.1. The first kappa shape index (κ1) is 31.1. The maximum atomic E-state index is 12.9. The molecule has 3 N–H and O–H groups in total. The van der Waals surface area contributed by atoms with Crippen molar-refractivity contribution >= 4 is 23.9 Å². The molecule has 2 unspecified atom stereocenters. The second-order valence-electron chi connectivity index (χ2n) is 10.4. The summed E-state index contributed by atoms with van der Waals surface area (Å²) in [5, 5.41) is 9.64. The number of aliphatic carboxylic acids is 1. The molecule has 202 valence electrons. The van der Waals surface area contributed by atoms with Crippen molar-refractivity contribution in [2.24, 2.45) is 22.5 Å². The van der Waals surface area contributed by atoms with Gasteiger partial charge in [0.25, 0.3) is 0 Å². The summed E-state index contributed by atoms with van der Waals surface area (Å²) in [5.74, 6) is -3.92. The van der Waals surface area contributed by atoms with Gasteiger partial charge in [-0.3, -0.25) is 19.2 Å². The van der Waals surface area contributed by atoms with E-state index in [1.807, 2.05) is 13.8 Å². The first-order valence-electron chi connectivity index (χ1n) is 12.3. The van der Waals surface area contributed by atoms with E-state index in [0.717, 1.165) is 0 Å². The molecule has 0 saturated heterocycles. The molecule has 36 heavy (non-hydrogen) atoms. The molecular formula is C27H41NO8. The first-order chi connectivity index (χ1) is 16.6. The highest BCUT2D eigenvalue weighted by Crippen LogP contribution is 2.38. The molecule has 1 aromatic rings. The minimum absolute atomic E-state index is 0.0142. The first-order valence-corrected chi connectivity index (χ1v) is 12.3. The molecule has 0 saturated carbocycles. The topological polar surface area (TPSA) is 142 Å². The van der Waals surface area contributed by atoms with E-state index in [0.29, 0.717) is 18.4 Å². The molecule has 1 aromatic carbocycles. The molecule has 0 aliphatic heterocycles. The van der Waals surface area contributed by atoms with Crippen molar-refractivity contribution in [2.75, 3.05) is 6.61 Å². The average molecular weight is 508 g/mol. The Morgan fingerprint density at radius 3 is 1.86 bits per heavy atom. The van der Waals surface area contributed by atoms with Crippen LogP contribution in [0.5, 0.6) is 11.5 Å². The van der Waals surface area contributed by atoms with Crippen LogP contribution in [0.3, 0.4) is 0 Å². The molecule has 0 radical (unpaired) electrons. The van der Waals surface area contributed by atoms with Crippen molar-refractivity contribution in [1.29, 1.82) is 0 Å². The van der Waals surface area contributed by atoms with Crippen molar-refractivity contribution in [1.82, 2.24) is 0 Å². The number of nitrogens with two attached hydrogens (primary N) is 1. The molecule has 0 heterocycles. The molecule has 1 rings (SSSR count). The second-order valence-corrected chi connectivity index (χ2v) is 10.4. The van der Waals surface area contributed by atoms with Gasteiger partial charge in [-0.05, 0) is 64.2 Å². The highest BCUT2D eigenvalue weighted by atomic mass is 16.6. The lowest BCUT2D eigenvalue weighted by Gasteiger charge is -2.28. The van der Waals surface area contributed by atoms with Crippen molar-refractivity contribution in [3.8, 4) is 11.5 Å². The van der Waals surface area contributed by atoms with Gasteiger partial charge in [-0.1, -0.05) is 33.8 Å². The van der Waals surface area contributed by atoms with Gasteiger partial charge in [-0.15, -0.1) is 0 Å². The molecule has 0 fully saturated rings. The lowest BCUT2D eigenvalue weighted by molar-refractivity contribution is -0.147. The van der Waals surface area contributed by atoms with E-state index in [4.69, 9.17) is 19.9 Å². The van der Waals surface area contributed by atoms with Crippen LogP contribution in [-0.4, -0.2) is 41.6 Å². The van der Waals surface area contributed by atoms with Gasteiger partial charge in [-0.25, -0.2) is 0 Å². The monoisotopic (exact) mass is 507 g/mol. The third-order valence-corrected chi connectivity index (χ3v) is 6.71. The van der Waals surface area contributed by atoms with Gasteiger partial charge in [0.05, 0.1) is 17.4 Å². The molecule has 0 aliphatic rings. The fraction of sp³-hybridized carbons (Fsp3) is 0.630. The summed E-state index contributed by atoms with van der Waals surface area (Å²) in [5.41, 5.74) is 4.90. The fourth-order valence-corrected chi connectivity index (χ4v) is 3.13. The highest BCUT2D eigenvalue weighted by Gasteiger charge is 2.35. The van der Waals surface area contributed by atoms with Crippen molar-refractivity contribution in [2.45, 2.75) is 86.6 Å². The van der Waals surface area contributed by atoms with Crippen LogP contribution in [0.4, 0.5) is 0 Å². The Labute approximate surface area is 213 Å². The van der Waals surface area contributed by atoms with E-state index < -0.39 is 52.6 Å². The minimum Gasteiger partial charge on any atom is -0.480 e. The third-order valence-electron chi connectivity index (χ3n) is 6.71. The second kappa shape index (κ2) is 12.9. The normalized spacial score (nSPS) is 14.4. The number of carboxylic acid groups (broad SMARTS) is 1. The molecule has 3 atom stereocenters. The van der Waals surface area contributed by atoms with Gasteiger partial charge in [0.1, 0.15) is 6.04 Å². The standard InChI is InChI=1S/C27H41NO8/c1-9-20(29)34-15-16(4)21(22(28)23(30)31)17-12-13-18(35-24(32)26(5,6)10-2)19(14-17)36-25(33)27(7,8)11-3/h12-14,16,21-22H,9-11,15,28H2,1-8H3,(H,30,31)/t16?,21?,22-/m0/s1. The number of benzene rings is 1.